The van der Waals surface area contributed by atoms with Gasteiger partial charge in [-0.05, 0) is 48.9 Å². The van der Waals surface area contributed by atoms with Gasteiger partial charge in [0.1, 0.15) is 16.2 Å². The van der Waals surface area contributed by atoms with Crippen LogP contribution in [0, 0.1) is 0 Å². The van der Waals surface area contributed by atoms with E-state index < -0.39 is 22.0 Å². The van der Waals surface area contributed by atoms with Crippen LogP contribution in [-0.2, 0) is 16.6 Å². The molecular weight excluding hydrogens is 450 g/mol. The minimum atomic E-state index is -3.95. The molecule has 2 heterocycles. The minimum absolute atomic E-state index is 0.0190. The van der Waals surface area contributed by atoms with Gasteiger partial charge in [-0.2, -0.15) is 0 Å². The van der Waals surface area contributed by atoms with E-state index in [1.165, 1.54) is 18.2 Å². The molecule has 2 aromatic heterocycles. The van der Waals surface area contributed by atoms with E-state index in [2.05, 4.69) is 15.0 Å². The molecule has 0 fully saturated rings. The summed E-state index contributed by atoms with van der Waals surface area (Å²) in [6.45, 7) is 1.84. The van der Waals surface area contributed by atoms with E-state index in [4.69, 9.17) is 16.0 Å². The van der Waals surface area contributed by atoms with Crippen LogP contribution in [0.4, 0.5) is 0 Å². The Balaban J connectivity index is 1.51. The Hall–Kier alpha value is -3.20. The number of sulfonamides is 1. The number of rotatable bonds is 7. The molecule has 1 amide bonds. The number of pyridine rings is 1. The molecule has 1 unspecified atom stereocenters. The van der Waals surface area contributed by atoms with Gasteiger partial charge in [0.2, 0.25) is 10.0 Å². The fraction of sp³-hybridized carbons (Fsp3) is 0.130. The first-order valence-corrected chi connectivity index (χ1v) is 11.7. The van der Waals surface area contributed by atoms with Gasteiger partial charge in [-0.1, -0.05) is 35.9 Å². The van der Waals surface area contributed by atoms with E-state index in [1.807, 2.05) is 30.3 Å². The summed E-state index contributed by atoms with van der Waals surface area (Å²) in [5.74, 6) is 0.151. The quantitative estimate of drug-likeness (QED) is 0.416. The highest BCUT2D eigenvalue weighted by molar-refractivity contribution is 7.89. The normalized spacial score (nSPS) is 12.6. The number of halogens is 1. The first-order valence-electron chi connectivity index (χ1n) is 9.81. The maximum atomic E-state index is 12.8. The van der Waals surface area contributed by atoms with Crippen molar-refractivity contribution < 1.29 is 17.6 Å². The Labute approximate surface area is 190 Å². The summed E-state index contributed by atoms with van der Waals surface area (Å²) < 4.78 is 33.8. The van der Waals surface area contributed by atoms with Gasteiger partial charge in [0.25, 0.3) is 5.91 Å². The maximum absolute atomic E-state index is 12.8. The van der Waals surface area contributed by atoms with Crippen molar-refractivity contribution in [1.29, 1.82) is 0 Å². The van der Waals surface area contributed by atoms with Crippen molar-refractivity contribution in [3.8, 4) is 0 Å². The molecule has 2 aromatic carbocycles. The predicted octanol–water partition coefficient (Wildman–Crippen LogP) is 4.45. The fourth-order valence-corrected chi connectivity index (χ4v) is 4.72. The molecule has 1 atom stereocenters. The van der Waals surface area contributed by atoms with Gasteiger partial charge in [-0.3, -0.25) is 9.78 Å². The van der Waals surface area contributed by atoms with Crippen LogP contribution >= 0.6 is 11.6 Å². The molecule has 0 spiro atoms. The first kappa shape index (κ1) is 22.0. The second-order valence-electron chi connectivity index (χ2n) is 7.21. The number of hydrogen-bond donors (Lipinski definition) is 2. The van der Waals surface area contributed by atoms with E-state index >= 15 is 0 Å². The third kappa shape index (κ3) is 4.83. The SMILES string of the molecule is CC(NC(=O)c1ccc(Cl)c(S(=O)(=O)NCc2cccnc2)c1)c1cc2ccccc2o1. The Bertz CT molecular complexity index is 1340. The summed E-state index contributed by atoms with van der Waals surface area (Å²) in [4.78, 5) is 16.6. The van der Waals surface area contributed by atoms with Crippen molar-refractivity contribution in [1.82, 2.24) is 15.0 Å². The second-order valence-corrected chi connectivity index (χ2v) is 9.36. The molecule has 0 aliphatic rings. The topological polar surface area (TPSA) is 101 Å². The van der Waals surface area contributed by atoms with Gasteiger partial charge in [0.15, 0.2) is 0 Å². The number of furan rings is 1. The van der Waals surface area contributed by atoms with Crippen LogP contribution in [0.5, 0.6) is 0 Å². The van der Waals surface area contributed by atoms with Crippen LogP contribution in [0.1, 0.15) is 34.6 Å². The van der Waals surface area contributed by atoms with Gasteiger partial charge < -0.3 is 9.73 Å². The van der Waals surface area contributed by atoms with Crippen LogP contribution in [0.25, 0.3) is 11.0 Å². The van der Waals surface area contributed by atoms with E-state index in [0.717, 1.165) is 11.0 Å². The van der Waals surface area contributed by atoms with E-state index in [1.54, 1.807) is 31.5 Å². The summed E-state index contributed by atoms with van der Waals surface area (Å²) in [7, 11) is -3.95. The zero-order chi connectivity index (χ0) is 22.7. The van der Waals surface area contributed by atoms with Crippen LogP contribution in [0.2, 0.25) is 5.02 Å². The molecule has 0 aliphatic carbocycles. The first-order chi connectivity index (χ1) is 15.3. The van der Waals surface area contributed by atoms with Crippen molar-refractivity contribution in [3.05, 3.63) is 95.0 Å². The molecule has 9 heteroatoms. The highest BCUT2D eigenvalue weighted by Crippen LogP contribution is 2.25. The van der Waals surface area contributed by atoms with E-state index in [-0.39, 0.29) is 22.0 Å². The van der Waals surface area contributed by atoms with Crippen molar-refractivity contribution in [2.45, 2.75) is 24.4 Å². The number of amides is 1. The number of carbonyl (C=O) groups excluding carboxylic acids is 1. The number of carbonyl (C=O) groups is 1. The lowest BCUT2D eigenvalue weighted by Gasteiger charge is -2.13. The zero-order valence-electron chi connectivity index (χ0n) is 17.1. The van der Waals surface area contributed by atoms with E-state index in [0.29, 0.717) is 11.3 Å². The third-order valence-electron chi connectivity index (χ3n) is 4.89. The number of fused-ring (bicyclic) bond motifs is 1. The van der Waals surface area contributed by atoms with Gasteiger partial charge >= 0.3 is 0 Å². The molecular formula is C23H20ClN3O4S. The predicted molar refractivity (Wildman–Crippen MR) is 122 cm³/mol. The average molecular weight is 470 g/mol. The molecule has 32 heavy (non-hydrogen) atoms. The lowest BCUT2D eigenvalue weighted by Crippen LogP contribution is -2.27. The van der Waals surface area contributed by atoms with Crippen molar-refractivity contribution in [2.75, 3.05) is 0 Å². The average Bonchev–Trinajstić information content (AvgIpc) is 3.23. The van der Waals surface area contributed by atoms with Crippen molar-refractivity contribution in [3.63, 3.8) is 0 Å². The molecule has 7 nitrogen and oxygen atoms in total. The largest absolute Gasteiger partial charge is 0.459 e. The summed E-state index contributed by atoms with van der Waals surface area (Å²) >= 11 is 6.14. The van der Waals surface area contributed by atoms with Crippen LogP contribution in [0.3, 0.4) is 0 Å². The molecule has 0 saturated carbocycles. The molecule has 164 valence electrons. The van der Waals surface area contributed by atoms with Gasteiger partial charge in [-0.25, -0.2) is 13.1 Å². The number of hydrogen-bond acceptors (Lipinski definition) is 5. The fourth-order valence-electron chi connectivity index (χ4n) is 3.18. The molecule has 2 N–H and O–H groups in total. The Kier molecular flexibility index (Phi) is 6.27. The third-order valence-corrected chi connectivity index (χ3v) is 6.77. The van der Waals surface area contributed by atoms with Crippen LogP contribution in [0.15, 0.2) is 82.4 Å². The van der Waals surface area contributed by atoms with E-state index in [9.17, 15) is 13.2 Å². The second kappa shape index (κ2) is 9.12. The number of para-hydroxylation sites is 1. The summed E-state index contributed by atoms with van der Waals surface area (Å²) in [5.41, 5.74) is 1.59. The summed E-state index contributed by atoms with van der Waals surface area (Å²) in [5, 5.41) is 3.78. The lowest BCUT2D eigenvalue weighted by atomic mass is 10.1. The monoisotopic (exact) mass is 469 g/mol. The number of aromatic nitrogens is 1. The Morgan fingerprint density at radius 1 is 1.12 bits per heavy atom. The highest BCUT2D eigenvalue weighted by atomic mass is 35.5. The molecule has 4 aromatic rings. The highest BCUT2D eigenvalue weighted by Gasteiger charge is 2.21. The number of nitrogens with one attached hydrogen (secondary N) is 2. The zero-order valence-corrected chi connectivity index (χ0v) is 18.7. The standard InChI is InChI=1S/C23H20ClN3O4S/c1-15(21-11-17-6-2-3-7-20(17)31-21)27-23(28)18-8-9-19(24)22(12-18)32(29,30)26-14-16-5-4-10-25-13-16/h2-13,15,26H,14H2,1H3,(H,27,28). The van der Waals surface area contributed by atoms with Crippen LogP contribution < -0.4 is 10.0 Å². The number of nitrogens with zero attached hydrogens (tertiary/aromatic N) is 1. The molecule has 4 rings (SSSR count). The minimum Gasteiger partial charge on any atom is -0.459 e. The molecule has 0 bridgehead atoms. The smallest absolute Gasteiger partial charge is 0.251 e. The Morgan fingerprint density at radius 2 is 1.94 bits per heavy atom. The van der Waals surface area contributed by atoms with Gasteiger partial charge in [0, 0.05) is 29.9 Å². The van der Waals surface area contributed by atoms with Gasteiger partial charge in [0.05, 0.1) is 11.1 Å². The molecule has 0 radical (unpaired) electrons. The van der Waals surface area contributed by atoms with Gasteiger partial charge in [-0.15, -0.1) is 0 Å². The lowest BCUT2D eigenvalue weighted by molar-refractivity contribution is 0.0935. The Morgan fingerprint density at radius 3 is 2.69 bits per heavy atom. The summed E-state index contributed by atoms with van der Waals surface area (Å²) in [6.07, 6.45) is 3.16. The molecule has 0 saturated heterocycles. The maximum Gasteiger partial charge on any atom is 0.251 e. The summed E-state index contributed by atoms with van der Waals surface area (Å²) in [6, 6.07) is 16.6. The van der Waals surface area contributed by atoms with Crippen LogP contribution in [-0.4, -0.2) is 19.3 Å². The number of benzene rings is 2. The molecule has 0 aliphatic heterocycles. The van der Waals surface area contributed by atoms with Crippen molar-refractivity contribution >= 4 is 38.5 Å². The van der Waals surface area contributed by atoms with Crippen molar-refractivity contribution in [2.24, 2.45) is 0 Å².